The fourth-order valence-corrected chi connectivity index (χ4v) is 3.97. The van der Waals surface area contributed by atoms with Gasteiger partial charge in [0.15, 0.2) is 0 Å². The quantitative estimate of drug-likeness (QED) is 0.494. The van der Waals surface area contributed by atoms with Gasteiger partial charge in [-0.15, -0.1) is 0 Å². The van der Waals surface area contributed by atoms with E-state index in [0.717, 1.165) is 32.0 Å². The molecule has 0 aliphatic heterocycles. The molecular formula is C23H19N3OS. The number of pyridine rings is 1. The molecule has 0 bridgehead atoms. The third kappa shape index (κ3) is 3.85. The van der Waals surface area contributed by atoms with Gasteiger partial charge in [-0.1, -0.05) is 42.1 Å². The van der Waals surface area contributed by atoms with Crippen molar-refractivity contribution in [2.24, 2.45) is 0 Å². The maximum atomic E-state index is 12.1. The topological polar surface area (TPSA) is 57.8 Å². The van der Waals surface area contributed by atoms with Crippen LogP contribution >= 0.6 is 11.8 Å². The Morgan fingerprint density at radius 2 is 1.93 bits per heavy atom. The number of benzene rings is 2. The number of rotatable bonds is 5. The minimum atomic E-state index is -0.0778. The lowest BCUT2D eigenvalue weighted by atomic mass is 10.1. The molecule has 0 aliphatic carbocycles. The van der Waals surface area contributed by atoms with Crippen molar-refractivity contribution in [1.29, 1.82) is 0 Å². The van der Waals surface area contributed by atoms with Crippen molar-refractivity contribution in [2.45, 2.75) is 9.79 Å². The fraction of sp³-hybridized carbons (Fsp3) is 0.0435. The first kappa shape index (κ1) is 18.1. The number of nitrogens with zero attached hydrogens (tertiary/aromatic N) is 1. The molecular weight excluding hydrogens is 366 g/mol. The fourth-order valence-electron chi connectivity index (χ4n) is 2.98. The Morgan fingerprint density at radius 3 is 2.75 bits per heavy atom. The van der Waals surface area contributed by atoms with Crippen molar-refractivity contribution in [1.82, 2.24) is 15.3 Å². The molecule has 2 aromatic heterocycles. The molecule has 0 unspecified atom stereocenters. The molecule has 0 saturated heterocycles. The van der Waals surface area contributed by atoms with Gasteiger partial charge in [-0.3, -0.25) is 9.78 Å². The van der Waals surface area contributed by atoms with Crippen LogP contribution in [0.1, 0.15) is 21.6 Å². The smallest absolute Gasteiger partial charge is 0.252 e. The number of carbonyl (C=O) groups excluding carboxylic acids is 1. The summed E-state index contributed by atoms with van der Waals surface area (Å²) >= 11 is 1.58. The summed E-state index contributed by atoms with van der Waals surface area (Å²) in [5.41, 5.74) is 3.78. The monoisotopic (exact) mass is 385 g/mol. The minimum absolute atomic E-state index is 0.0778. The zero-order valence-electron chi connectivity index (χ0n) is 15.3. The number of aromatic amines is 1. The van der Waals surface area contributed by atoms with E-state index in [2.05, 4.69) is 39.6 Å². The highest BCUT2D eigenvalue weighted by atomic mass is 32.2. The van der Waals surface area contributed by atoms with E-state index >= 15 is 0 Å². The lowest BCUT2D eigenvalue weighted by Gasteiger charge is -2.08. The van der Waals surface area contributed by atoms with Gasteiger partial charge in [-0.25, -0.2) is 0 Å². The summed E-state index contributed by atoms with van der Waals surface area (Å²) in [5.74, 6) is -0.0778. The Kier molecular flexibility index (Phi) is 5.26. The highest BCUT2D eigenvalue weighted by Gasteiger charge is 2.11. The molecule has 138 valence electrons. The summed E-state index contributed by atoms with van der Waals surface area (Å²) in [6.07, 6.45) is 7.85. The lowest BCUT2D eigenvalue weighted by molar-refractivity contribution is 0.0960. The van der Waals surface area contributed by atoms with Crippen LogP contribution in [0.3, 0.4) is 0 Å². The highest BCUT2D eigenvalue weighted by Crippen LogP contribution is 2.33. The molecule has 0 fully saturated rings. The average molecular weight is 385 g/mol. The summed E-state index contributed by atoms with van der Waals surface area (Å²) in [7, 11) is 1.65. The number of hydrogen-bond acceptors (Lipinski definition) is 3. The van der Waals surface area contributed by atoms with E-state index < -0.39 is 0 Å². The maximum absolute atomic E-state index is 12.1. The second-order valence-corrected chi connectivity index (χ2v) is 7.33. The van der Waals surface area contributed by atoms with Crippen molar-refractivity contribution in [3.8, 4) is 0 Å². The molecule has 5 heteroatoms. The van der Waals surface area contributed by atoms with E-state index in [-0.39, 0.29) is 5.91 Å². The summed E-state index contributed by atoms with van der Waals surface area (Å²) in [6.45, 7) is 0. The summed E-state index contributed by atoms with van der Waals surface area (Å²) in [4.78, 5) is 21.7. The Morgan fingerprint density at radius 1 is 1.07 bits per heavy atom. The van der Waals surface area contributed by atoms with Gasteiger partial charge in [0.25, 0.3) is 5.91 Å². The number of fused-ring (bicyclic) bond motifs is 1. The van der Waals surface area contributed by atoms with E-state index in [1.807, 2.05) is 54.7 Å². The molecule has 0 spiro atoms. The Labute approximate surface area is 167 Å². The first-order chi connectivity index (χ1) is 13.7. The lowest BCUT2D eigenvalue weighted by Crippen LogP contribution is -2.18. The van der Waals surface area contributed by atoms with Crippen LogP contribution < -0.4 is 5.32 Å². The Hall–Kier alpha value is -3.31. The Bertz CT molecular complexity index is 1150. The standard InChI is InChI=1S/C23H19N3OS/c1-24-23(27)20-7-2-3-8-22(20)28-18-11-12-19-16(15-26-21(19)14-18)9-10-17-6-4-5-13-25-17/h2-15,26H,1H3,(H,24,27)/b10-9+. The van der Waals surface area contributed by atoms with Crippen LogP contribution in [-0.4, -0.2) is 22.9 Å². The predicted octanol–water partition coefficient (Wildman–Crippen LogP) is 5.24. The SMILES string of the molecule is CNC(=O)c1ccccc1Sc1ccc2c(/C=C/c3ccccn3)c[nH]c2c1. The van der Waals surface area contributed by atoms with Crippen LogP contribution in [0.25, 0.3) is 23.1 Å². The number of amides is 1. The molecule has 0 atom stereocenters. The summed E-state index contributed by atoms with van der Waals surface area (Å²) in [5, 5.41) is 3.85. The van der Waals surface area contributed by atoms with Gasteiger partial charge < -0.3 is 10.3 Å². The molecule has 4 rings (SSSR count). The third-order valence-corrected chi connectivity index (χ3v) is 5.46. The Balaban J connectivity index is 1.60. The van der Waals surface area contributed by atoms with Crippen molar-refractivity contribution in [3.63, 3.8) is 0 Å². The maximum Gasteiger partial charge on any atom is 0.252 e. The molecule has 2 heterocycles. The van der Waals surface area contributed by atoms with Gasteiger partial charge in [-0.05, 0) is 48.0 Å². The molecule has 0 saturated carbocycles. The van der Waals surface area contributed by atoms with Gasteiger partial charge in [-0.2, -0.15) is 0 Å². The van der Waals surface area contributed by atoms with Gasteiger partial charge in [0, 0.05) is 40.1 Å². The molecule has 0 aliphatic rings. The molecule has 2 aromatic carbocycles. The zero-order chi connectivity index (χ0) is 19.3. The van der Waals surface area contributed by atoms with Crippen molar-refractivity contribution in [3.05, 3.63) is 89.9 Å². The van der Waals surface area contributed by atoms with Crippen LogP contribution in [0.15, 0.2) is 82.8 Å². The van der Waals surface area contributed by atoms with E-state index in [1.54, 1.807) is 25.0 Å². The van der Waals surface area contributed by atoms with E-state index in [1.165, 1.54) is 0 Å². The van der Waals surface area contributed by atoms with Crippen LogP contribution in [-0.2, 0) is 0 Å². The van der Waals surface area contributed by atoms with Gasteiger partial charge >= 0.3 is 0 Å². The number of hydrogen-bond donors (Lipinski definition) is 2. The largest absolute Gasteiger partial charge is 0.361 e. The molecule has 28 heavy (non-hydrogen) atoms. The second-order valence-electron chi connectivity index (χ2n) is 6.22. The van der Waals surface area contributed by atoms with Crippen LogP contribution in [0, 0.1) is 0 Å². The zero-order valence-corrected chi connectivity index (χ0v) is 16.2. The third-order valence-electron chi connectivity index (χ3n) is 4.39. The predicted molar refractivity (Wildman–Crippen MR) is 115 cm³/mol. The number of carbonyl (C=O) groups is 1. The number of nitrogens with one attached hydrogen (secondary N) is 2. The van der Waals surface area contributed by atoms with Crippen LogP contribution in [0.4, 0.5) is 0 Å². The molecule has 4 nitrogen and oxygen atoms in total. The van der Waals surface area contributed by atoms with Crippen molar-refractivity contribution in [2.75, 3.05) is 7.05 Å². The molecule has 4 aromatic rings. The van der Waals surface area contributed by atoms with E-state index in [4.69, 9.17) is 0 Å². The molecule has 1 amide bonds. The number of H-pyrrole nitrogens is 1. The van der Waals surface area contributed by atoms with Crippen molar-refractivity contribution < 1.29 is 4.79 Å². The summed E-state index contributed by atoms with van der Waals surface area (Å²) < 4.78 is 0. The number of aromatic nitrogens is 2. The average Bonchev–Trinajstić information content (AvgIpc) is 3.15. The second kappa shape index (κ2) is 8.15. The minimum Gasteiger partial charge on any atom is -0.361 e. The molecule has 0 radical (unpaired) electrons. The van der Waals surface area contributed by atoms with Gasteiger partial charge in [0.05, 0.1) is 11.3 Å². The van der Waals surface area contributed by atoms with Crippen molar-refractivity contribution >= 4 is 40.7 Å². The van der Waals surface area contributed by atoms with Crippen LogP contribution in [0.5, 0.6) is 0 Å². The van der Waals surface area contributed by atoms with Gasteiger partial charge in [0.2, 0.25) is 0 Å². The first-order valence-corrected chi connectivity index (χ1v) is 9.75. The van der Waals surface area contributed by atoms with Crippen LogP contribution in [0.2, 0.25) is 0 Å². The normalized spacial score (nSPS) is 11.2. The van der Waals surface area contributed by atoms with E-state index in [0.29, 0.717) is 5.56 Å². The van der Waals surface area contributed by atoms with Gasteiger partial charge in [0.1, 0.15) is 0 Å². The van der Waals surface area contributed by atoms with E-state index in [9.17, 15) is 4.79 Å². The first-order valence-electron chi connectivity index (χ1n) is 8.94. The molecule has 2 N–H and O–H groups in total. The highest BCUT2D eigenvalue weighted by molar-refractivity contribution is 7.99. The summed E-state index contributed by atoms with van der Waals surface area (Å²) in [6, 6.07) is 19.8.